The van der Waals surface area contributed by atoms with Crippen LogP contribution in [0.5, 0.6) is 5.75 Å². The Morgan fingerprint density at radius 1 is 1.08 bits per heavy atom. The van der Waals surface area contributed by atoms with Crippen LogP contribution >= 0.6 is 0 Å². The molecule has 0 heterocycles. The molecule has 2 saturated carbocycles. The van der Waals surface area contributed by atoms with Crippen molar-refractivity contribution in [2.75, 3.05) is 14.2 Å². The standard InChI is InChI=1S/C20H28O.C2H6.CH5N.CH4/c1-13-4-9-19-18-7-5-14-12-15(21-3)6-8-16(14)17(18)10-11-20(13,19)2;2*1-2;/h6,8,12-13,17-19H,4-5,7,9-11H2,1-3H3;1-2H3;2H2,1H3;1H4. The molecule has 3 aliphatic carbocycles. The predicted molar refractivity (Wildman–Crippen MR) is 115 cm³/mol. The molecule has 5 atom stereocenters. The Labute approximate surface area is 162 Å². The van der Waals surface area contributed by atoms with Crippen molar-refractivity contribution in [1.29, 1.82) is 0 Å². The Hall–Kier alpha value is -1.02. The van der Waals surface area contributed by atoms with Crippen molar-refractivity contribution >= 4 is 0 Å². The molecule has 5 unspecified atom stereocenters. The summed E-state index contributed by atoms with van der Waals surface area (Å²) >= 11 is 0. The van der Waals surface area contributed by atoms with E-state index in [2.05, 4.69) is 37.8 Å². The molecule has 0 spiro atoms. The van der Waals surface area contributed by atoms with E-state index in [1.807, 2.05) is 13.8 Å². The van der Waals surface area contributed by atoms with Gasteiger partial charge >= 0.3 is 0 Å². The maximum atomic E-state index is 5.42. The average Bonchev–Trinajstić information content (AvgIpc) is 2.99. The summed E-state index contributed by atoms with van der Waals surface area (Å²) in [4.78, 5) is 0. The van der Waals surface area contributed by atoms with Gasteiger partial charge in [0.25, 0.3) is 0 Å². The zero-order chi connectivity index (χ0) is 18.6. The molecule has 1 aromatic rings. The number of hydrogen-bond acceptors (Lipinski definition) is 2. The number of rotatable bonds is 1. The molecule has 1 aromatic carbocycles. The summed E-state index contributed by atoms with van der Waals surface area (Å²) in [7, 11) is 3.28. The molecule has 2 nitrogen and oxygen atoms in total. The SMILES string of the molecule is C.CC.CN.COc1ccc2c(c1)CCC1C2CCC2(C)C(C)CCC12. The van der Waals surface area contributed by atoms with Crippen molar-refractivity contribution in [2.24, 2.45) is 28.9 Å². The summed E-state index contributed by atoms with van der Waals surface area (Å²) in [5.41, 5.74) is 8.34. The molecule has 0 radical (unpaired) electrons. The Balaban J connectivity index is 0.000000635. The average molecular weight is 362 g/mol. The maximum Gasteiger partial charge on any atom is 0.119 e. The van der Waals surface area contributed by atoms with Crippen molar-refractivity contribution in [3.63, 3.8) is 0 Å². The quantitative estimate of drug-likeness (QED) is 0.626. The number of methoxy groups -OCH3 is 1. The van der Waals surface area contributed by atoms with E-state index in [9.17, 15) is 0 Å². The van der Waals surface area contributed by atoms with Gasteiger partial charge in [0.2, 0.25) is 0 Å². The van der Waals surface area contributed by atoms with Crippen LogP contribution in [-0.4, -0.2) is 14.2 Å². The second-order valence-corrected chi connectivity index (χ2v) is 8.00. The molecular formula is C24H43NO. The highest BCUT2D eigenvalue weighted by Gasteiger charge is 2.53. The van der Waals surface area contributed by atoms with E-state index in [1.54, 1.807) is 18.2 Å². The van der Waals surface area contributed by atoms with Crippen LogP contribution in [0.25, 0.3) is 0 Å². The largest absolute Gasteiger partial charge is 0.497 e. The van der Waals surface area contributed by atoms with E-state index in [0.717, 1.165) is 29.4 Å². The molecular weight excluding hydrogens is 318 g/mol. The molecule has 150 valence electrons. The van der Waals surface area contributed by atoms with Gasteiger partial charge in [-0.2, -0.15) is 0 Å². The van der Waals surface area contributed by atoms with Crippen molar-refractivity contribution in [3.8, 4) is 5.75 Å². The molecule has 4 rings (SSSR count). The molecule has 26 heavy (non-hydrogen) atoms. The Bertz CT molecular complexity index is 555. The first-order chi connectivity index (χ1) is 12.1. The van der Waals surface area contributed by atoms with Crippen molar-refractivity contribution in [3.05, 3.63) is 29.3 Å². The number of fused-ring (bicyclic) bond motifs is 5. The third kappa shape index (κ3) is 3.81. The molecule has 2 N–H and O–H groups in total. The van der Waals surface area contributed by atoms with Crippen LogP contribution in [0.1, 0.15) is 84.3 Å². The second-order valence-electron chi connectivity index (χ2n) is 8.00. The number of aryl methyl sites for hydroxylation is 1. The fourth-order valence-corrected chi connectivity index (χ4v) is 5.95. The van der Waals surface area contributed by atoms with E-state index >= 15 is 0 Å². The lowest BCUT2D eigenvalue weighted by Gasteiger charge is -2.50. The predicted octanol–water partition coefficient (Wildman–Crippen LogP) is 6.42. The molecule has 2 heteroatoms. The zero-order valence-corrected chi connectivity index (χ0v) is 17.3. The van der Waals surface area contributed by atoms with Crippen LogP contribution in [0.3, 0.4) is 0 Å². The van der Waals surface area contributed by atoms with Crippen LogP contribution < -0.4 is 10.5 Å². The minimum absolute atomic E-state index is 0. The summed E-state index contributed by atoms with van der Waals surface area (Å²) in [6.45, 7) is 9.09. The van der Waals surface area contributed by atoms with Crippen LogP contribution in [0, 0.1) is 23.2 Å². The summed E-state index contributed by atoms with van der Waals surface area (Å²) in [5.74, 6) is 4.70. The van der Waals surface area contributed by atoms with Crippen LogP contribution in [0.15, 0.2) is 18.2 Å². The highest BCUT2D eigenvalue weighted by Crippen LogP contribution is 2.62. The molecule has 2 fully saturated rings. The minimum atomic E-state index is 0. The maximum absolute atomic E-state index is 5.42. The normalized spacial score (nSPS) is 33.7. The number of nitrogens with two attached hydrogens (primary N) is 1. The van der Waals surface area contributed by atoms with E-state index in [1.165, 1.54) is 45.6 Å². The van der Waals surface area contributed by atoms with Gasteiger partial charge in [-0.1, -0.05) is 41.2 Å². The highest BCUT2D eigenvalue weighted by atomic mass is 16.5. The first kappa shape index (κ1) is 23.0. The van der Waals surface area contributed by atoms with Crippen LogP contribution in [-0.2, 0) is 6.42 Å². The third-order valence-corrected chi connectivity index (χ3v) is 7.41. The smallest absolute Gasteiger partial charge is 0.119 e. The fraction of sp³-hybridized carbons (Fsp3) is 0.750. The number of ether oxygens (including phenoxy) is 1. The molecule has 0 saturated heterocycles. The van der Waals surface area contributed by atoms with E-state index < -0.39 is 0 Å². The molecule has 0 amide bonds. The second kappa shape index (κ2) is 9.78. The number of benzene rings is 1. The lowest BCUT2D eigenvalue weighted by Crippen LogP contribution is -2.41. The lowest BCUT2D eigenvalue weighted by atomic mass is 9.54. The first-order valence-corrected chi connectivity index (χ1v) is 10.4. The van der Waals surface area contributed by atoms with Gasteiger partial charge in [-0.25, -0.2) is 0 Å². The summed E-state index contributed by atoms with van der Waals surface area (Å²) < 4.78 is 5.42. The molecule has 3 aliphatic rings. The third-order valence-electron chi connectivity index (χ3n) is 7.41. The molecule has 0 aliphatic heterocycles. The zero-order valence-electron chi connectivity index (χ0n) is 17.3. The first-order valence-electron chi connectivity index (χ1n) is 10.4. The monoisotopic (exact) mass is 361 g/mol. The minimum Gasteiger partial charge on any atom is -0.497 e. The van der Waals surface area contributed by atoms with Crippen LogP contribution in [0.4, 0.5) is 0 Å². The summed E-state index contributed by atoms with van der Waals surface area (Å²) in [6, 6.07) is 6.83. The van der Waals surface area contributed by atoms with E-state index in [4.69, 9.17) is 4.74 Å². The molecule has 0 aromatic heterocycles. The fourth-order valence-electron chi connectivity index (χ4n) is 5.95. The van der Waals surface area contributed by atoms with Crippen molar-refractivity contribution in [2.45, 2.75) is 79.6 Å². The summed E-state index contributed by atoms with van der Waals surface area (Å²) in [5, 5.41) is 0. The molecule has 0 bridgehead atoms. The Morgan fingerprint density at radius 2 is 1.77 bits per heavy atom. The van der Waals surface area contributed by atoms with Gasteiger partial charge in [-0.3, -0.25) is 0 Å². The van der Waals surface area contributed by atoms with Gasteiger partial charge in [0.15, 0.2) is 0 Å². The van der Waals surface area contributed by atoms with Crippen LogP contribution in [0.2, 0.25) is 0 Å². The van der Waals surface area contributed by atoms with Gasteiger partial charge in [-0.15, -0.1) is 0 Å². The summed E-state index contributed by atoms with van der Waals surface area (Å²) in [6.07, 6.45) is 8.43. The number of hydrogen-bond donors (Lipinski definition) is 1. The van der Waals surface area contributed by atoms with Crippen molar-refractivity contribution < 1.29 is 4.74 Å². The Morgan fingerprint density at radius 3 is 2.42 bits per heavy atom. The highest BCUT2D eigenvalue weighted by molar-refractivity contribution is 5.40. The van der Waals surface area contributed by atoms with Gasteiger partial charge in [0, 0.05) is 0 Å². The van der Waals surface area contributed by atoms with E-state index in [-0.39, 0.29) is 7.43 Å². The van der Waals surface area contributed by atoms with Gasteiger partial charge in [-0.05, 0) is 97.9 Å². The van der Waals surface area contributed by atoms with Crippen molar-refractivity contribution in [1.82, 2.24) is 0 Å². The Kier molecular flexibility index (Phi) is 8.66. The lowest BCUT2D eigenvalue weighted by molar-refractivity contribution is 0.0336. The van der Waals surface area contributed by atoms with Gasteiger partial charge in [0.1, 0.15) is 5.75 Å². The van der Waals surface area contributed by atoms with Gasteiger partial charge in [0.05, 0.1) is 7.11 Å². The van der Waals surface area contributed by atoms with E-state index in [0.29, 0.717) is 5.41 Å². The topological polar surface area (TPSA) is 35.2 Å². The van der Waals surface area contributed by atoms with Gasteiger partial charge < -0.3 is 10.5 Å².